The average Bonchev–Trinajstić information content (AvgIpc) is 1.98. The molecule has 11 heavy (non-hydrogen) atoms. The Bertz CT molecular complexity index is 237. The Morgan fingerprint density at radius 1 is 1.64 bits per heavy atom. The number of carboxylic acids is 1. The van der Waals surface area contributed by atoms with Crippen molar-refractivity contribution in [3.05, 3.63) is 12.2 Å². The van der Waals surface area contributed by atoms with Crippen molar-refractivity contribution in [1.29, 1.82) is 5.26 Å². The highest BCUT2D eigenvalue weighted by Crippen LogP contribution is 1.90. The van der Waals surface area contributed by atoms with Crippen molar-refractivity contribution in [1.82, 2.24) is 0 Å². The summed E-state index contributed by atoms with van der Waals surface area (Å²) in [5.41, 5.74) is -0.411. The predicted molar refractivity (Wildman–Crippen MR) is 33.3 cm³/mol. The molecule has 0 aromatic rings. The second kappa shape index (κ2) is 4.06. The fourth-order valence-electron chi connectivity index (χ4n) is 0.260. The largest absolute Gasteiger partial charge is 0.479 e. The molecule has 0 spiro atoms. The van der Waals surface area contributed by atoms with E-state index in [1.165, 1.54) is 6.07 Å². The van der Waals surface area contributed by atoms with E-state index in [-0.39, 0.29) is 0 Å². The average molecular weight is 155 g/mol. The number of carboxylic acid groups (broad SMARTS) is 1. The van der Waals surface area contributed by atoms with E-state index < -0.39 is 24.1 Å². The zero-order valence-corrected chi connectivity index (χ0v) is 5.53. The van der Waals surface area contributed by atoms with Gasteiger partial charge in [-0.3, -0.25) is 0 Å². The number of esters is 1. The van der Waals surface area contributed by atoms with E-state index in [4.69, 9.17) is 10.4 Å². The monoisotopic (exact) mass is 155 g/mol. The molecule has 0 aliphatic heterocycles. The lowest BCUT2D eigenvalue weighted by molar-refractivity contribution is -0.152. The molecular formula is C6H5NO4. The number of rotatable bonds is 3. The standard InChI is InChI=1S/C6H5NO4/c1-4(2-7)6(10)11-3-5(8)9/h1,3H2,(H,8,9). The topological polar surface area (TPSA) is 87.4 Å². The van der Waals surface area contributed by atoms with Gasteiger partial charge in [0, 0.05) is 0 Å². The molecule has 0 heterocycles. The van der Waals surface area contributed by atoms with E-state index in [9.17, 15) is 9.59 Å². The van der Waals surface area contributed by atoms with E-state index in [1.54, 1.807) is 0 Å². The highest BCUT2D eigenvalue weighted by atomic mass is 16.5. The molecule has 0 unspecified atom stereocenters. The quantitative estimate of drug-likeness (QED) is 0.343. The molecule has 0 bridgehead atoms. The molecule has 0 aromatic carbocycles. The Balaban J connectivity index is 3.82. The van der Waals surface area contributed by atoms with Gasteiger partial charge in [-0.1, -0.05) is 6.58 Å². The van der Waals surface area contributed by atoms with Crippen LogP contribution in [-0.2, 0) is 14.3 Å². The molecule has 0 saturated carbocycles. The first-order valence-electron chi connectivity index (χ1n) is 2.56. The van der Waals surface area contributed by atoms with Gasteiger partial charge in [0.15, 0.2) is 6.61 Å². The first-order chi connectivity index (χ1) is 5.07. The lowest BCUT2D eigenvalue weighted by Crippen LogP contribution is -2.13. The van der Waals surface area contributed by atoms with E-state index >= 15 is 0 Å². The zero-order valence-electron chi connectivity index (χ0n) is 5.53. The Morgan fingerprint density at radius 3 is 2.55 bits per heavy atom. The van der Waals surface area contributed by atoms with Crippen molar-refractivity contribution in [2.75, 3.05) is 6.61 Å². The third-order valence-electron chi connectivity index (χ3n) is 0.708. The molecule has 0 saturated heterocycles. The number of hydrogen-bond acceptors (Lipinski definition) is 4. The number of ether oxygens (including phenoxy) is 1. The van der Waals surface area contributed by atoms with Crippen molar-refractivity contribution in [3.8, 4) is 6.07 Å². The smallest absolute Gasteiger partial charge is 0.348 e. The molecule has 0 atom stereocenters. The highest BCUT2D eigenvalue weighted by molar-refractivity contribution is 5.92. The molecule has 0 aromatic heterocycles. The van der Waals surface area contributed by atoms with Gasteiger partial charge in [-0.05, 0) is 0 Å². The van der Waals surface area contributed by atoms with Gasteiger partial charge in [-0.2, -0.15) is 5.26 Å². The number of carbonyl (C=O) groups excluding carboxylic acids is 1. The van der Waals surface area contributed by atoms with Gasteiger partial charge in [0.05, 0.1) is 0 Å². The summed E-state index contributed by atoms with van der Waals surface area (Å²) in [5, 5.41) is 16.1. The van der Waals surface area contributed by atoms with Crippen molar-refractivity contribution >= 4 is 11.9 Å². The van der Waals surface area contributed by atoms with Crippen LogP contribution < -0.4 is 0 Å². The fraction of sp³-hybridized carbons (Fsp3) is 0.167. The number of nitrogens with zero attached hydrogens (tertiary/aromatic N) is 1. The molecule has 0 aliphatic carbocycles. The van der Waals surface area contributed by atoms with Gasteiger partial charge >= 0.3 is 11.9 Å². The Hall–Kier alpha value is -1.83. The van der Waals surface area contributed by atoms with Gasteiger partial charge in [0.2, 0.25) is 0 Å². The van der Waals surface area contributed by atoms with Crippen LogP contribution in [0.2, 0.25) is 0 Å². The van der Waals surface area contributed by atoms with Gasteiger partial charge in [0.1, 0.15) is 11.6 Å². The fourth-order valence-corrected chi connectivity index (χ4v) is 0.260. The molecule has 0 amide bonds. The van der Waals surface area contributed by atoms with Crippen LogP contribution in [0.5, 0.6) is 0 Å². The number of hydrogen-bond donors (Lipinski definition) is 1. The minimum absolute atomic E-state index is 0.411. The van der Waals surface area contributed by atoms with Gasteiger partial charge in [0.25, 0.3) is 0 Å². The summed E-state index contributed by atoms with van der Waals surface area (Å²) < 4.78 is 4.10. The maximum absolute atomic E-state index is 10.5. The number of aliphatic carboxylic acids is 1. The molecule has 0 fully saturated rings. The summed E-state index contributed by atoms with van der Waals surface area (Å²) in [6.07, 6.45) is 0. The summed E-state index contributed by atoms with van der Waals surface area (Å²) >= 11 is 0. The molecule has 0 rings (SSSR count). The number of carbonyl (C=O) groups is 2. The normalized spacial score (nSPS) is 7.91. The van der Waals surface area contributed by atoms with E-state index in [1.807, 2.05) is 0 Å². The third-order valence-corrected chi connectivity index (χ3v) is 0.708. The van der Waals surface area contributed by atoms with Gasteiger partial charge < -0.3 is 9.84 Å². The summed E-state index contributed by atoms with van der Waals surface area (Å²) in [7, 11) is 0. The van der Waals surface area contributed by atoms with E-state index in [0.29, 0.717) is 0 Å². The van der Waals surface area contributed by atoms with Crippen molar-refractivity contribution in [2.24, 2.45) is 0 Å². The molecule has 0 radical (unpaired) electrons. The van der Waals surface area contributed by atoms with Crippen molar-refractivity contribution in [2.45, 2.75) is 0 Å². The van der Waals surface area contributed by atoms with Crippen LogP contribution in [0.25, 0.3) is 0 Å². The first kappa shape index (κ1) is 9.17. The minimum Gasteiger partial charge on any atom is -0.479 e. The maximum Gasteiger partial charge on any atom is 0.348 e. The summed E-state index contributed by atoms with van der Waals surface area (Å²) in [5.74, 6) is -2.28. The molecule has 5 heteroatoms. The molecule has 0 aliphatic rings. The lowest BCUT2D eigenvalue weighted by Gasteiger charge is -1.96. The summed E-state index contributed by atoms with van der Waals surface area (Å²) in [6, 6.07) is 1.43. The predicted octanol–water partition coefficient (Wildman–Crippen LogP) is -0.306. The van der Waals surface area contributed by atoms with Crippen molar-refractivity contribution < 1.29 is 19.4 Å². The summed E-state index contributed by atoms with van der Waals surface area (Å²) in [4.78, 5) is 20.3. The molecule has 1 N–H and O–H groups in total. The van der Waals surface area contributed by atoms with Gasteiger partial charge in [-0.25, -0.2) is 9.59 Å². The second-order valence-electron chi connectivity index (χ2n) is 1.56. The Kier molecular flexibility index (Phi) is 3.39. The van der Waals surface area contributed by atoms with Gasteiger partial charge in [-0.15, -0.1) is 0 Å². The van der Waals surface area contributed by atoms with Crippen LogP contribution in [-0.4, -0.2) is 23.7 Å². The van der Waals surface area contributed by atoms with E-state index in [2.05, 4.69) is 11.3 Å². The molecular weight excluding hydrogens is 150 g/mol. The summed E-state index contributed by atoms with van der Waals surface area (Å²) in [6.45, 7) is 2.27. The van der Waals surface area contributed by atoms with E-state index in [0.717, 1.165) is 0 Å². The molecule has 5 nitrogen and oxygen atoms in total. The third kappa shape index (κ3) is 3.70. The van der Waals surface area contributed by atoms with Crippen LogP contribution in [0.1, 0.15) is 0 Å². The van der Waals surface area contributed by atoms with Crippen molar-refractivity contribution in [3.63, 3.8) is 0 Å². The minimum atomic E-state index is -1.27. The Labute approximate surface area is 62.5 Å². The zero-order chi connectivity index (χ0) is 8.85. The van der Waals surface area contributed by atoms with Crippen LogP contribution in [0, 0.1) is 11.3 Å². The van der Waals surface area contributed by atoms with Crippen LogP contribution >= 0.6 is 0 Å². The SMILES string of the molecule is C=C(C#N)C(=O)OCC(=O)O. The van der Waals surface area contributed by atoms with Crippen LogP contribution in [0.15, 0.2) is 12.2 Å². The first-order valence-corrected chi connectivity index (χ1v) is 2.56. The lowest BCUT2D eigenvalue weighted by atomic mass is 10.3. The van der Waals surface area contributed by atoms with Crippen LogP contribution in [0.3, 0.4) is 0 Å². The Morgan fingerprint density at radius 2 is 2.18 bits per heavy atom. The van der Waals surface area contributed by atoms with Crippen LogP contribution in [0.4, 0.5) is 0 Å². The maximum atomic E-state index is 10.5. The molecule has 58 valence electrons. The number of nitriles is 1. The highest BCUT2D eigenvalue weighted by Gasteiger charge is 2.08. The second-order valence-corrected chi connectivity index (χ2v) is 1.56.